The van der Waals surface area contributed by atoms with Crippen LogP contribution in [0, 0.1) is 0 Å². The molecular formula is C7H12BNO4. The Bertz CT molecular complexity index is 219. The molecular weight excluding hydrogens is 173 g/mol. The Morgan fingerprint density at radius 1 is 1.77 bits per heavy atom. The predicted octanol–water partition coefficient (Wildman–Crippen LogP) is -0.257. The number of ether oxygens (including phenoxy) is 1. The number of carbonyl (C=O) groups excluding carboxylic acids is 1. The van der Waals surface area contributed by atoms with Gasteiger partial charge in [0.1, 0.15) is 0 Å². The molecule has 1 atom stereocenters. The molecule has 1 unspecified atom stereocenters. The van der Waals surface area contributed by atoms with E-state index in [0.717, 1.165) is 0 Å². The fourth-order valence-electron chi connectivity index (χ4n) is 1.20. The van der Waals surface area contributed by atoms with Crippen LogP contribution in [0.3, 0.4) is 0 Å². The maximum Gasteiger partial charge on any atom is 0.476 e. The van der Waals surface area contributed by atoms with Gasteiger partial charge in [-0.25, -0.2) is 4.79 Å². The molecule has 1 rings (SSSR count). The number of hydrogen-bond donors (Lipinski definition) is 2. The van der Waals surface area contributed by atoms with E-state index in [0.29, 0.717) is 6.42 Å². The summed E-state index contributed by atoms with van der Waals surface area (Å²) in [6.45, 7) is 1.97. The molecule has 13 heavy (non-hydrogen) atoms. The van der Waals surface area contributed by atoms with Crippen LogP contribution < -0.4 is 0 Å². The Kier molecular flexibility index (Phi) is 3.33. The van der Waals surface area contributed by atoms with Crippen LogP contribution in [0.5, 0.6) is 0 Å². The van der Waals surface area contributed by atoms with Crippen LogP contribution in [-0.2, 0) is 4.74 Å². The molecule has 0 saturated carbocycles. The molecule has 2 N–H and O–H groups in total. The largest absolute Gasteiger partial charge is 0.476 e. The SMILES string of the molecule is CCOC(=O)N1C=CCC1B(O)O. The fourth-order valence-corrected chi connectivity index (χ4v) is 1.20. The Morgan fingerprint density at radius 3 is 3.00 bits per heavy atom. The summed E-state index contributed by atoms with van der Waals surface area (Å²) in [4.78, 5) is 12.4. The minimum absolute atomic E-state index is 0.275. The van der Waals surface area contributed by atoms with E-state index in [-0.39, 0.29) is 6.61 Å². The van der Waals surface area contributed by atoms with Crippen molar-refractivity contribution < 1.29 is 19.6 Å². The smallest absolute Gasteiger partial charge is 0.449 e. The van der Waals surface area contributed by atoms with Crippen molar-refractivity contribution in [1.82, 2.24) is 4.90 Å². The van der Waals surface area contributed by atoms with Crippen molar-refractivity contribution in [3.8, 4) is 0 Å². The zero-order chi connectivity index (χ0) is 9.84. The first kappa shape index (κ1) is 10.1. The van der Waals surface area contributed by atoms with E-state index < -0.39 is 19.2 Å². The van der Waals surface area contributed by atoms with Crippen molar-refractivity contribution in [2.24, 2.45) is 0 Å². The first-order valence-corrected chi connectivity index (χ1v) is 4.14. The van der Waals surface area contributed by atoms with Crippen molar-refractivity contribution in [3.63, 3.8) is 0 Å². The summed E-state index contributed by atoms with van der Waals surface area (Å²) in [6, 6.07) is 0. The zero-order valence-electron chi connectivity index (χ0n) is 7.38. The number of nitrogens with zero attached hydrogens (tertiary/aromatic N) is 1. The van der Waals surface area contributed by atoms with Crippen LogP contribution in [-0.4, -0.2) is 40.7 Å². The van der Waals surface area contributed by atoms with Gasteiger partial charge in [0.05, 0.1) is 12.5 Å². The van der Waals surface area contributed by atoms with Crippen LogP contribution in [0.4, 0.5) is 4.79 Å². The maximum absolute atomic E-state index is 11.2. The van der Waals surface area contributed by atoms with Crippen molar-refractivity contribution in [2.75, 3.05) is 6.61 Å². The van der Waals surface area contributed by atoms with Gasteiger partial charge in [-0.3, -0.25) is 4.90 Å². The Hall–Kier alpha value is -1.01. The quantitative estimate of drug-likeness (QED) is 0.581. The lowest BCUT2D eigenvalue weighted by atomic mass is 9.78. The third kappa shape index (κ3) is 2.23. The lowest BCUT2D eigenvalue weighted by Crippen LogP contribution is -2.44. The molecule has 0 aromatic heterocycles. The van der Waals surface area contributed by atoms with Gasteiger partial charge in [-0.1, -0.05) is 6.08 Å². The molecule has 0 saturated heterocycles. The van der Waals surface area contributed by atoms with E-state index in [1.165, 1.54) is 11.1 Å². The van der Waals surface area contributed by atoms with Crippen LogP contribution >= 0.6 is 0 Å². The molecule has 5 nitrogen and oxygen atoms in total. The second kappa shape index (κ2) is 4.29. The molecule has 1 amide bonds. The number of rotatable bonds is 2. The topological polar surface area (TPSA) is 70.0 Å². The van der Waals surface area contributed by atoms with Crippen LogP contribution in [0.15, 0.2) is 12.3 Å². The molecule has 72 valence electrons. The molecule has 1 aliphatic heterocycles. The van der Waals surface area contributed by atoms with Gasteiger partial charge in [0.2, 0.25) is 0 Å². The monoisotopic (exact) mass is 185 g/mol. The second-order valence-electron chi connectivity index (χ2n) is 2.71. The molecule has 0 fully saturated rings. The Morgan fingerprint density at radius 2 is 2.46 bits per heavy atom. The highest BCUT2D eigenvalue weighted by Crippen LogP contribution is 2.16. The van der Waals surface area contributed by atoms with Crippen molar-refractivity contribution in [2.45, 2.75) is 19.3 Å². The van der Waals surface area contributed by atoms with Crippen LogP contribution in [0.1, 0.15) is 13.3 Å². The van der Waals surface area contributed by atoms with E-state index in [9.17, 15) is 4.79 Å². The maximum atomic E-state index is 11.2. The first-order chi connectivity index (χ1) is 6.16. The molecule has 6 heteroatoms. The standard InChI is InChI=1S/C7H12BNO4/c1-2-13-7(10)9-5-3-4-6(9)8(11)12/h3,5-6,11-12H,2,4H2,1H3. The highest BCUT2D eigenvalue weighted by atomic mass is 16.6. The molecule has 1 aliphatic rings. The highest BCUT2D eigenvalue weighted by molar-refractivity contribution is 6.43. The average molecular weight is 185 g/mol. The van der Waals surface area contributed by atoms with E-state index in [4.69, 9.17) is 14.8 Å². The van der Waals surface area contributed by atoms with E-state index in [1.54, 1.807) is 13.0 Å². The van der Waals surface area contributed by atoms with Gasteiger partial charge in [-0.2, -0.15) is 0 Å². The Labute approximate surface area is 76.7 Å². The lowest BCUT2D eigenvalue weighted by Gasteiger charge is -2.21. The summed E-state index contributed by atoms with van der Waals surface area (Å²) in [6.07, 6.45) is 3.09. The summed E-state index contributed by atoms with van der Waals surface area (Å²) in [7, 11) is -1.53. The van der Waals surface area contributed by atoms with Gasteiger partial charge < -0.3 is 14.8 Å². The summed E-state index contributed by atoms with van der Waals surface area (Å²) in [5.74, 6) is -0.612. The average Bonchev–Trinajstić information content (AvgIpc) is 2.52. The first-order valence-electron chi connectivity index (χ1n) is 4.14. The lowest BCUT2D eigenvalue weighted by molar-refractivity contribution is 0.117. The third-order valence-electron chi connectivity index (χ3n) is 1.82. The summed E-state index contributed by atoms with van der Waals surface area (Å²) >= 11 is 0. The molecule has 1 heterocycles. The van der Waals surface area contributed by atoms with Gasteiger partial charge in [0.15, 0.2) is 0 Å². The molecule has 0 aliphatic carbocycles. The number of carbonyl (C=O) groups is 1. The van der Waals surface area contributed by atoms with Gasteiger partial charge >= 0.3 is 13.2 Å². The van der Waals surface area contributed by atoms with Crippen molar-refractivity contribution in [1.29, 1.82) is 0 Å². The minimum Gasteiger partial charge on any atom is -0.449 e. The van der Waals surface area contributed by atoms with Crippen LogP contribution in [0.2, 0.25) is 0 Å². The van der Waals surface area contributed by atoms with E-state index in [2.05, 4.69) is 0 Å². The second-order valence-corrected chi connectivity index (χ2v) is 2.71. The van der Waals surface area contributed by atoms with Gasteiger partial charge in [0, 0.05) is 6.20 Å². The fraction of sp³-hybridized carbons (Fsp3) is 0.571. The van der Waals surface area contributed by atoms with Crippen LogP contribution in [0.25, 0.3) is 0 Å². The third-order valence-corrected chi connectivity index (χ3v) is 1.82. The summed E-state index contributed by atoms with van der Waals surface area (Å²) in [5.41, 5.74) is 0. The van der Waals surface area contributed by atoms with Crippen molar-refractivity contribution in [3.05, 3.63) is 12.3 Å². The van der Waals surface area contributed by atoms with Gasteiger partial charge in [-0.05, 0) is 13.3 Å². The normalized spacial score (nSPS) is 20.5. The highest BCUT2D eigenvalue weighted by Gasteiger charge is 2.34. The molecule has 0 aromatic rings. The zero-order valence-corrected chi connectivity index (χ0v) is 7.38. The molecule has 0 aromatic carbocycles. The number of hydrogen-bond acceptors (Lipinski definition) is 4. The van der Waals surface area contributed by atoms with E-state index >= 15 is 0 Å². The van der Waals surface area contributed by atoms with Gasteiger partial charge in [0.25, 0.3) is 0 Å². The minimum atomic E-state index is -1.53. The molecule has 0 radical (unpaired) electrons. The Balaban J connectivity index is 2.57. The van der Waals surface area contributed by atoms with E-state index in [1.807, 2.05) is 0 Å². The summed E-state index contributed by atoms with van der Waals surface area (Å²) < 4.78 is 4.72. The molecule has 0 spiro atoms. The number of amides is 1. The molecule has 0 bridgehead atoms. The summed E-state index contributed by atoms with van der Waals surface area (Å²) in [5, 5.41) is 17.8. The van der Waals surface area contributed by atoms with Gasteiger partial charge in [-0.15, -0.1) is 0 Å². The predicted molar refractivity (Wildman–Crippen MR) is 46.6 cm³/mol. The van der Waals surface area contributed by atoms with Crippen molar-refractivity contribution >= 4 is 13.2 Å².